The van der Waals surface area contributed by atoms with Gasteiger partial charge in [-0.1, -0.05) is 18.2 Å². The van der Waals surface area contributed by atoms with Crippen LogP contribution in [0.15, 0.2) is 24.3 Å². The Bertz CT molecular complexity index is 498. The van der Waals surface area contributed by atoms with Gasteiger partial charge in [0, 0.05) is 16.6 Å². The van der Waals surface area contributed by atoms with Crippen molar-refractivity contribution in [3.63, 3.8) is 0 Å². The van der Waals surface area contributed by atoms with Crippen LogP contribution in [0.2, 0.25) is 0 Å². The van der Waals surface area contributed by atoms with Crippen molar-refractivity contribution in [1.29, 1.82) is 0 Å². The molecule has 0 aliphatic rings. The molecule has 90 valence electrons. The predicted molar refractivity (Wildman–Crippen MR) is 73.9 cm³/mol. The van der Waals surface area contributed by atoms with E-state index in [1.54, 1.807) is 11.3 Å². The molecule has 4 heteroatoms. The summed E-state index contributed by atoms with van der Waals surface area (Å²) < 4.78 is 0. The first-order chi connectivity index (χ1) is 8.08. The molecule has 1 heterocycles. The molecule has 1 atom stereocenters. The van der Waals surface area contributed by atoms with Crippen molar-refractivity contribution in [3.8, 4) is 0 Å². The smallest absolute Gasteiger partial charge is 0.187 e. The van der Waals surface area contributed by atoms with Crippen molar-refractivity contribution in [2.45, 2.75) is 26.8 Å². The second-order valence-corrected chi connectivity index (χ2v) is 5.36. The highest BCUT2D eigenvalue weighted by Gasteiger charge is 2.08. The quantitative estimate of drug-likeness (QED) is 0.872. The maximum Gasteiger partial charge on any atom is 0.187 e. The maximum absolute atomic E-state index is 5.95. The van der Waals surface area contributed by atoms with Gasteiger partial charge in [0.25, 0.3) is 0 Å². The lowest BCUT2D eigenvalue weighted by molar-refractivity contribution is 0.820. The van der Waals surface area contributed by atoms with Crippen molar-refractivity contribution in [2.24, 2.45) is 5.73 Å². The number of nitrogens with one attached hydrogen (secondary N) is 1. The number of para-hydroxylation sites is 1. The van der Waals surface area contributed by atoms with Crippen LogP contribution in [0.1, 0.15) is 29.1 Å². The molecule has 1 aromatic carbocycles. The minimum Gasteiger partial charge on any atom is -0.331 e. The Balaban J connectivity index is 2.29. The average Bonchev–Trinajstić information content (AvgIpc) is 2.58. The van der Waals surface area contributed by atoms with Crippen LogP contribution in [-0.2, 0) is 0 Å². The fraction of sp³-hybridized carbons (Fsp3) is 0.308. The van der Waals surface area contributed by atoms with Crippen LogP contribution in [0.4, 0.5) is 10.8 Å². The van der Waals surface area contributed by atoms with Crippen LogP contribution in [0.25, 0.3) is 0 Å². The van der Waals surface area contributed by atoms with Crippen molar-refractivity contribution < 1.29 is 0 Å². The van der Waals surface area contributed by atoms with Gasteiger partial charge in [-0.2, -0.15) is 0 Å². The number of nitrogens with zero attached hydrogens (tertiary/aromatic N) is 1. The van der Waals surface area contributed by atoms with E-state index in [1.807, 2.05) is 38.1 Å². The molecule has 0 bridgehead atoms. The summed E-state index contributed by atoms with van der Waals surface area (Å²) in [6.45, 7) is 6.09. The maximum atomic E-state index is 5.95. The third-order valence-electron chi connectivity index (χ3n) is 2.72. The van der Waals surface area contributed by atoms with Crippen molar-refractivity contribution >= 4 is 22.2 Å². The second kappa shape index (κ2) is 4.85. The molecule has 1 aromatic heterocycles. The third kappa shape index (κ3) is 2.65. The molecule has 0 aliphatic heterocycles. The van der Waals surface area contributed by atoms with E-state index in [0.29, 0.717) is 0 Å². The van der Waals surface area contributed by atoms with Gasteiger partial charge in [-0.25, -0.2) is 4.98 Å². The van der Waals surface area contributed by atoms with E-state index in [0.717, 1.165) is 22.1 Å². The summed E-state index contributed by atoms with van der Waals surface area (Å²) in [5.74, 6) is 0. The standard InChI is InChI=1S/C13H17N3S/c1-8(14)11-6-4-5-7-12(11)16-13-15-9(2)10(3)17-13/h4-8H,14H2,1-3H3,(H,15,16). The number of aromatic nitrogens is 1. The first-order valence-corrected chi connectivity index (χ1v) is 6.45. The number of rotatable bonds is 3. The molecule has 2 rings (SSSR count). The van der Waals surface area contributed by atoms with E-state index >= 15 is 0 Å². The minimum absolute atomic E-state index is 0.0147. The Morgan fingerprint density at radius 1 is 1.29 bits per heavy atom. The summed E-state index contributed by atoms with van der Waals surface area (Å²) in [5, 5.41) is 4.27. The fourth-order valence-corrected chi connectivity index (χ4v) is 2.48. The molecule has 0 radical (unpaired) electrons. The Morgan fingerprint density at radius 2 is 2.00 bits per heavy atom. The average molecular weight is 247 g/mol. The highest BCUT2D eigenvalue weighted by molar-refractivity contribution is 7.15. The predicted octanol–water partition coefficient (Wildman–Crippen LogP) is 3.52. The molecule has 1 unspecified atom stereocenters. The van der Waals surface area contributed by atoms with Crippen LogP contribution in [0, 0.1) is 13.8 Å². The van der Waals surface area contributed by atoms with Gasteiger partial charge in [-0.3, -0.25) is 0 Å². The fourth-order valence-electron chi connectivity index (χ4n) is 1.65. The van der Waals surface area contributed by atoms with Gasteiger partial charge in [0.15, 0.2) is 5.13 Å². The molecule has 0 saturated heterocycles. The summed E-state index contributed by atoms with van der Waals surface area (Å²) in [4.78, 5) is 5.71. The largest absolute Gasteiger partial charge is 0.331 e. The topological polar surface area (TPSA) is 50.9 Å². The van der Waals surface area contributed by atoms with E-state index in [4.69, 9.17) is 5.73 Å². The highest BCUT2D eigenvalue weighted by atomic mass is 32.1. The summed E-state index contributed by atoms with van der Waals surface area (Å²) in [7, 11) is 0. The molecule has 3 N–H and O–H groups in total. The molecule has 0 spiro atoms. The number of hydrogen-bond donors (Lipinski definition) is 2. The first kappa shape index (κ1) is 12.1. The third-order valence-corrected chi connectivity index (χ3v) is 3.71. The molecule has 0 amide bonds. The van der Waals surface area contributed by atoms with Crippen molar-refractivity contribution in [2.75, 3.05) is 5.32 Å². The van der Waals surface area contributed by atoms with Crippen LogP contribution >= 0.6 is 11.3 Å². The molecular formula is C13H17N3S. The lowest BCUT2D eigenvalue weighted by Gasteiger charge is -2.12. The van der Waals surface area contributed by atoms with Crippen LogP contribution in [-0.4, -0.2) is 4.98 Å². The summed E-state index contributed by atoms with van der Waals surface area (Å²) in [6, 6.07) is 8.09. The normalized spacial score (nSPS) is 12.5. The molecule has 3 nitrogen and oxygen atoms in total. The van der Waals surface area contributed by atoms with Gasteiger partial charge >= 0.3 is 0 Å². The first-order valence-electron chi connectivity index (χ1n) is 5.63. The zero-order valence-corrected chi connectivity index (χ0v) is 11.1. The van der Waals surface area contributed by atoms with E-state index in [2.05, 4.69) is 17.2 Å². The second-order valence-electron chi connectivity index (χ2n) is 4.16. The Kier molecular flexibility index (Phi) is 3.45. The molecule has 2 aromatic rings. The Hall–Kier alpha value is -1.39. The van der Waals surface area contributed by atoms with Gasteiger partial charge < -0.3 is 11.1 Å². The molecule has 17 heavy (non-hydrogen) atoms. The van der Waals surface area contributed by atoms with Gasteiger partial charge in [0.1, 0.15) is 0 Å². The summed E-state index contributed by atoms with van der Waals surface area (Å²) in [5.41, 5.74) is 9.17. The molecule has 0 aliphatic carbocycles. The van der Waals surface area contributed by atoms with Crippen LogP contribution in [0.3, 0.4) is 0 Å². The van der Waals surface area contributed by atoms with E-state index in [-0.39, 0.29) is 6.04 Å². The number of benzene rings is 1. The SMILES string of the molecule is Cc1nc(Nc2ccccc2C(C)N)sc1C. The van der Waals surface area contributed by atoms with Gasteiger partial charge in [-0.05, 0) is 32.4 Å². The van der Waals surface area contributed by atoms with Crippen LogP contribution in [0.5, 0.6) is 0 Å². The number of nitrogens with two attached hydrogens (primary N) is 1. The number of anilines is 2. The van der Waals surface area contributed by atoms with Crippen LogP contribution < -0.4 is 11.1 Å². The van der Waals surface area contributed by atoms with Gasteiger partial charge in [-0.15, -0.1) is 11.3 Å². The van der Waals surface area contributed by atoms with E-state index < -0.39 is 0 Å². The number of aryl methyl sites for hydroxylation is 2. The summed E-state index contributed by atoms with van der Waals surface area (Å²) in [6.07, 6.45) is 0. The van der Waals surface area contributed by atoms with Gasteiger partial charge in [0.2, 0.25) is 0 Å². The zero-order chi connectivity index (χ0) is 12.4. The molecule has 0 saturated carbocycles. The van der Waals surface area contributed by atoms with Crippen molar-refractivity contribution in [1.82, 2.24) is 4.98 Å². The minimum atomic E-state index is 0.0147. The lowest BCUT2D eigenvalue weighted by atomic mass is 10.1. The summed E-state index contributed by atoms with van der Waals surface area (Å²) >= 11 is 1.67. The highest BCUT2D eigenvalue weighted by Crippen LogP contribution is 2.28. The molecule has 0 fully saturated rings. The van der Waals surface area contributed by atoms with E-state index in [1.165, 1.54) is 4.88 Å². The molecular weight excluding hydrogens is 230 g/mol. The number of thiazole rings is 1. The lowest BCUT2D eigenvalue weighted by Crippen LogP contribution is -2.07. The Morgan fingerprint density at radius 3 is 2.59 bits per heavy atom. The van der Waals surface area contributed by atoms with Gasteiger partial charge in [0.05, 0.1) is 5.69 Å². The zero-order valence-electron chi connectivity index (χ0n) is 10.3. The van der Waals surface area contributed by atoms with E-state index in [9.17, 15) is 0 Å². The monoisotopic (exact) mass is 247 g/mol. The number of hydrogen-bond acceptors (Lipinski definition) is 4. The van der Waals surface area contributed by atoms with Crippen molar-refractivity contribution in [3.05, 3.63) is 40.4 Å². The Labute approximate surface area is 106 Å².